The van der Waals surface area contributed by atoms with Crippen molar-refractivity contribution in [3.63, 3.8) is 0 Å². The number of nitrogens with zero attached hydrogens (tertiary/aromatic N) is 5. The van der Waals surface area contributed by atoms with E-state index in [-0.39, 0.29) is 47.3 Å². The van der Waals surface area contributed by atoms with Gasteiger partial charge in [0.05, 0.1) is 81.5 Å². The van der Waals surface area contributed by atoms with Crippen molar-refractivity contribution >= 4 is 23.6 Å². The first-order chi connectivity index (χ1) is 35.6. The first-order valence-corrected chi connectivity index (χ1v) is 26.5. The van der Waals surface area contributed by atoms with Crippen molar-refractivity contribution in [2.45, 2.75) is 128 Å². The van der Waals surface area contributed by atoms with Crippen LogP contribution in [0.3, 0.4) is 0 Å². The van der Waals surface area contributed by atoms with Crippen molar-refractivity contribution in [1.82, 2.24) is 35.1 Å². The lowest BCUT2D eigenvalue weighted by atomic mass is 9.87. The van der Waals surface area contributed by atoms with Gasteiger partial charge in [-0.3, -0.25) is 9.59 Å². The number of hydrogen-bond acceptors (Lipinski definition) is 11. The molecule has 3 aliphatic heterocycles. The zero-order valence-electron chi connectivity index (χ0n) is 45.1. The molecular weight excluding hydrogens is 937 g/mol. The highest BCUT2D eigenvalue weighted by Crippen LogP contribution is 2.50. The molecule has 5 aromatic rings. The predicted octanol–water partition coefficient (Wildman–Crippen LogP) is 9.88. The molecule has 0 unspecified atom stereocenters. The number of nitrogens with one attached hydrogen (secondary N) is 3. The predicted molar refractivity (Wildman–Crippen MR) is 285 cm³/mol. The van der Waals surface area contributed by atoms with E-state index in [0.717, 1.165) is 77.4 Å². The first kappa shape index (κ1) is 54.2. The third kappa shape index (κ3) is 12.0. The van der Waals surface area contributed by atoms with Crippen LogP contribution in [0.1, 0.15) is 133 Å². The van der Waals surface area contributed by atoms with Gasteiger partial charge in [-0.25, -0.2) is 14.8 Å². The fourth-order valence-electron chi connectivity index (χ4n) is 10.9. The highest BCUT2D eigenvalue weighted by molar-refractivity contribution is 5.86. The van der Waals surface area contributed by atoms with Gasteiger partial charge in [-0.1, -0.05) is 109 Å². The second-order valence-electron chi connectivity index (χ2n) is 21.7. The van der Waals surface area contributed by atoms with Crippen molar-refractivity contribution in [2.75, 3.05) is 65.7 Å². The summed E-state index contributed by atoms with van der Waals surface area (Å²) in [5.41, 5.74) is 7.97. The fourth-order valence-corrected chi connectivity index (χ4v) is 10.9. The highest BCUT2D eigenvalue weighted by atomic mass is 16.6. The normalized spacial score (nSPS) is 21.5. The van der Waals surface area contributed by atoms with E-state index in [9.17, 15) is 14.4 Å². The van der Waals surface area contributed by atoms with Crippen LogP contribution in [0.15, 0.2) is 85.2 Å². The number of carbonyl (C=O) groups is 3. The number of H-pyrrole nitrogens is 2. The molecule has 16 nitrogen and oxygen atoms in total. The molecule has 3 aliphatic rings. The van der Waals surface area contributed by atoms with Crippen LogP contribution >= 0.6 is 0 Å². The lowest BCUT2D eigenvalue weighted by Crippen LogP contribution is -2.51. The van der Waals surface area contributed by atoms with Gasteiger partial charge < -0.3 is 53.7 Å². The molecule has 0 saturated carbocycles. The smallest absolute Gasteiger partial charge is 0.407 e. The number of imidazole rings is 2. The lowest BCUT2D eigenvalue weighted by Gasteiger charge is -2.34. The monoisotopic (exact) mass is 1010 g/mol. The molecule has 16 heteroatoms. The molecule has 7 atom stereocenters. The van der Waals surface area contributed by atoms with Gasteiger partial charge in [-0.15, -0.1) is 0 Å². The second-order valence-corrected chi connectivity index (χ2v) is 21.7. The molecule has 0 spiro atoms. The summed E-state index contributed by atoms with van der Waals surface area (Å²) < 4.78 is 29.8. The summed E-state index contributed by atoms with van der Waals surface area (Å²) in [6.45, 7) is 17.5. The summed E-state index contributed by atoms with van der Waals surface area (Å²) in [5.74, 6) is 1.71. The minimum atomic E-state index is -0.722. The Bertz CT molecular complexity index is 2620. The number of carbonyl (C=O) groups excluding carboxylic acids is 3. The Morgan fingerprint density at radius 1 is 0.676 bits per heavy atom. The molecule has 3 aromatic carbocycles. The SMILES string of the molecule is COCCO[C@H]1[C@H](OCCOC)[C@H](c2ccc(-c3cnc([C@@H]4CCCN4C(=O)[C@@H](NC(=O)OC)C(C)C)[nH]3)cc2)N(c2ccc(C(C)(C)C)cc2)[C@H]1c1ccc(-c2cnc([C@@H]3CCCN3C(=O)CC(C)C)[nH]2)cc1. The third-order valence-corrected chi connectivity index (χ3v) is 14.8. The molecule has 0 aliphatic carbocycles. The van der Waals surface area contributed by atoms with Gasteiger partial charge in [-0.05, 0) is 82.9 Å². The number of alkyl carbamates (subject to hydrolysis) is 1. The van der Waals surface area contributed by atoms with E-state index in [2.05, 4.69) is 128 Å². The summed E-state index contributed by atoms with van der Waals surface area (Å²) in [4.78, 5) is 62.4. The molecule has 3 amide bonds. The molecule has 8 rings (SSSR count). The number of amides is 3. The van der Waals surface area contributed by atoms with Crippen molar-refractivity contribution in [3.8, 4) is 22.5 Å². The number of aromatic nitrogens is 4. The van der Waals surface area contributed by atoms with Crippen LogP contribution in [0, 0.1) is 11.8 Å². The van der Waals surface area contributed by atoms with E-state index in [1.165, 1.54) is 12.7 Å². The maximum Gasteiger partial charge on any atom is 0.407 e. The Balaban J connectivity index is 1.13. The van der Waals surface area contributed by atoms with E-state index in [0.29, 0.717) is 51.1 Å². The zero-order chi connectivity index (χ0) is 52.7. The second kappa shape index (κ2) is 24.1. The van der Waals surface area contributed by atoms with Gasteiger partial charge in [0.15, 0.2) is 0 Å². The number of rotatable bonds is 20. The quantitative estimate of drug-likeness (QED) is 0.0633. The summed E-state index contributed by atoms with van der Waals surface area (Å²) in [6, 6.07) is 24.4. The molecule has 3 fully saturated rings. The Kier molecular flexibility index (Phi) is 17.6. The van der Waals surface area contributed by atoms with E-state index >= 15 is 0 Å². The highest BCUT2D eigenvalue weighted by Gasteiger charge is 2.52. The van der Waals surface area contributed by atoms with Gasteiger partial charge in [0.2, 0.25) is 11.8 Å². The Labute approximate surface area is 437 Å². The zero-order valence-corrected chi connectivity index (χ0v) is 45.1. The van der Waals surface area contributed by atoms with Crippen molar-refractivity contribution < 1.29 is 38.1 Å². The average Bonchev–Trinajstić information content (AvgIpc) is 4.26. The summed E-state index contributed by atoms with van der Waals surface area (Å²) in [5, 5.41) is 2.74. The van der Waals surface area contributed by atoms with Gasteiger partial charge in [0.1, 0.15) is 29.9 Å². The molecule has 0 radical (unpaired) electrons. The first-order valence-electron chi connectivity index (χ1n) is 26.5. The number of hydrogen-bond donors (Lipinski definition) is 3. The molecule has 3 saturated heterocycles. The molecule has 74 heavy (non-hydrogen) atoms. The third-order valence-electron chi connectivity index (χ3n) is 14.8. The van der Waals surface area contributed by atoms with Crippen LogP contribution in [-0.4, -0.2) is 127 Å². The van der Waals surface area contributed by atoms with Gasteiger partial charge >= 0.3 is 6.09 Å². The maximum atomic E-state index is 13.9. The minimum Gasteiger partial charge on any atom is -0.453 e. The van der Waals surface area contributed by atoms with Crippen LogP contribution in [0.2, 0.25) is 0 Å². The number of aromatic amines is 2. The molecular formula is C58H78N8O8. The minimum absolute atomic E-state index is 0.0475. The molecule has 2 aromatic heterocycles. The Morgan fingerprint density at radius 2 is 1.16 bits per heavy atom. The van der Waals surface area contributed by atoms with E-state index in [1.54, 1.807) is 14.2 Å². The Hall–Kier alpha value is -6.07. The van der Waals surface area contributed by atoms with E-state index in [1.807, 2.05) is 36.0 Å². The van der Waals surface area contributed by atoms with E-state index < -0.39 is 24.3 Å². The summed E-state index contributed by atoms with van der Waals surface area (Å²) >= 11 is 0. The number of benzene rings is 3. The summed E-state index contributed by atoms with van der Waals surface area (Å²) in [6.07, 6.45) is 6.16. The van der Waals surface area contributed by atoms with Crippen molar-refractivity contribution in [3.05, 3.63) is 114 Å². The molecule has 0 bridgehead atoms. The number of anilines is 1. The van der Waals surface area contributed by atoms with Gasteiger partial charge in [0.25, 0.3) is 0 Å². The maximum absolute atomic E-state index is 13.9. The van der Waals surface area contributed by atoms with Crippen LogP contribution in [0.4, 0.5) is 10.5 Å². The van der Waals surface area contributed by atoms with Crippen LogP contribution < -0.4 is 10.2 Å². The lowest BCUT2D eigenvalue weighted by molar-refractivity contribution is -0.135. The van der Waals surface area contributed by atoms with Gasteiger partial charge in [0, 0.05) is 39.4 Å². The van der Waals surface area contributed by atoms with Crippen LogP contribution in [-0.2, 0) is 38.7 Å². The van der Waals surface area contributed by atoms with Crippen LogP contribution in [0.25, 0.3) is 22.5 Å². The molecule has 398 valence electrons. The number of likely N-dealkylation sites (tertiary alicyclic amines) is 2. The molecule has 3 N–H and O–H groups in total. The largest absolute Gasteiger partial charge is 0.453 e. The van der Waals surface area contributed by atoms with Gasteiger partial charge in [-0.2, -0.15) is 0 Å². The fraction of sp³-hybridized carbons (Fsp3) is 0.534. The standard InChI is InChI=1S/C58H78N8O8/c1-36(2)33-48(67)64-27-11-13-46(64)54-59-34-44(61-54)38-15-19-40(20-16-38)50-52(73-31-29-70-8)53(74-32-30-71-9)51(66(50)43-25-23-42(24-26-43)58(5,6)7)41-21-17-39(18-22-41)45-35-60-55(62-45)47-14-12-28-65(47)56(68)49(37(3)4)63-57(69)72-10/h15-26,34-37,46-47,49-53H,11-14,27-33H2,1-10H3,(H,59,61)(H,60,62)(H,63,69)/t46-,47-,49-,50-,51-,52+,53+/m0/s1. The Morgan fingerprint density at radius 3 is 1.61 bits per heavy atom. The average molecular weight is 1020 g/mol. The van der Waals surface area contributed by atoms with Crippen LogP contribution in [0.5, 0.6) is 0 Å². The van der Waals surface area contributed by atoms with E-state index in [4.69, 9.17) is 33.7 Å². The van der Waals surface area contributed by atoms with Crippen molar-refractivity contribution in [2.24, 2.45) is 11.8 Å². The topological polar surface area (TPSA) is 176 Å². The van der Waals surface area contributed by atoms with Crippen molar-refractivity contribution in [1.29, 1.82) is 0 Å². The number of ether oxygens (including phenoxy) is 5. The number of methoxy groups -OCH3 is 3. The molecule has 5 heterocycles. The summed E-state index contributed by atoms with van der Waals surface area (Å²) in [7, 11) is 4.66.